The molecule has 2 fully saturated rings. The van der Waals surface area contributed by atoms with E-state index in [1.807, 2.05) is 5.38 Å². The molecule has 1 atom stereocenters. The van der Waals surface area contributed by atoms with E-state index in [-0.39, 0.29) is 12.0 Å². The number of aromatic nitrogens is 1. The zero-order chi connectivity index (χ0) is 15.6. The van der Waals surface area contributed by atoms with Crippen molar-refractivity contribution in [2.45, 2.75) is 24.9 Å². The summed E-state index contributed by atoms with van der Waals surface area (Å²) in [5.41, 5.74) is -0.393. The van der Waals surface area contributed by atoms with Gasteiger partial charge in [0.15, 0.2) is 5.13 Å². The highest BCUT2D eigenvalue weighted by Crippen LogP contribution is 2.31. The second-order valence-corrected chi connectivity index (χ2v) is 6.82. The smallest absolute Gasteiger partial charge is 0.410 e. The summed E-state index contributed by atoms with van der Waals surface area (Å²) in [6, 6.07) is 0. The lowest BCUT2D eigenvalue weighted by atomic mass is 9.92. The highest BCUT2D eigenvalue weighted by molar-refractivity contribution is 7.13. The molecule has 120 valence electrons. The Balaban J connectivity index is 1.49. The average Bonchev–Trinajstić information content (AvgIpc) is 3.06. The number of likely N-dealkylation sites (N-methyl/N-ethyl adjacent to an activating group) is 1. The van der Waals surface area contributed by atoms with E-state index in [2.05, 4.69) is 15.2 Å². The summed E-state index contributed by atoms with van der Waals surface area (Å²) in [5, 5.41) is 5.24. The Bertz CT molecular complexity index is 550. The Kier molecular flexibility index (Phi) is 4.30. The van der Waals surface area contributed by atoms with Crippen LogP contribution in [0.25, 0.3) is 0 Å². The number of nitrogens with zero attached hydrogens (tertiary/aromatic N) is 3. The van der Waals surface area contributed by atoms with Crippen molar-refractivity contribution in [3.63, 3.8) is 0 Å². The molecular weight excluding hydrogens is 304 g/mol. The number of hydrogen-bond donors (Lipinski definition) is 1. The normalized spacial score (nSPS) is 25.5. The van der Waals surface area contributed by atoms with Crippen LogP contribution in [0.3, 0.4) is 0 Å². The van der Waals surface area contributed by atoms with Gasteiger partial charge in [-0.2, -0.15) is 0 Å². The molecule has 2 aliphatic heterocycles. The molecule has 3 rings (SSSR count). The quantitative estimate of drug-likeness (QED) is 0.906. The topological polar surface area (TPSA) is 74.8 Å². The molecule has 2 saturated heterocycles. The molecular formula is C14H20N4O3S. The van der Waals surface area contributed by atoms with Gasteiger partial charge in [0.1, 0.15) is 5.60 Å². The number of carbonyl (C=O) groups excluding carboxylic acids is 2. The third-order valence-corrected chi connectivity index (χ3v) is 4.78. The fourth-order valence-electron chi connectivity index (χ4n) is 3.11. The van der Waals surface area contributed by atoms with E-state index in [1.165, 1.54) is 11.3 Å². The van der Waals surface area contributed by atoms with Crippen molar-refractivity contribution in [2.24, 2.45) is 0 Å². The number of amides is 2. The molecule has 3 heterocycles. The first-order valence-corrected chi connectivity index (χ1v) is 8.30. The zero-order valence-electron chi connectivity index (χ0n) is 12.6. The van der Waals surface area contributed by atoms with E-state index < -0.39 is 5.60 Å². The highest BCUT2D eigenvalue weighted by atomic mass is 32.1. The summed E-state index contributed by atoms with van der Waals surface area (Å²) in [5.74, 6) is -0.0323. The molecule has 0 radical (unpaired) electrons. The highest BCUT2D eigenvalue weighted by Gasteiger charge is 2.46. The number of ether oxygens (including phenoxy) is 1. The van der Waals surface area contributed by atoms with Gasteiger partial charge in [-0.05, 0) is 19.4 Å². The van der Waals surface area contributed by atoms with Crippen molar-refractivity contribution in [3.05, 3.63) is 11.6 Å². The summed E-state index contributed by atoms with van der Waals surface area (Å²) in [7, 11) is 1.76. The molecule has 22 heavy (non-hydrogen) atoms. The van der Waals surface area contributed by atoms with Crippen molar-refractivity contribution >= 4 is 28.5 Å². The van der Waals surface area contributed by atoms with Crippen LogP contribution in [0.1, 0.15) is 19.3 Å². The number of carbonyl (C=O) groups is 2. The minimum atomic E-state index is -0.393. The maximum Gasteiger partial charge on any atom is 0.410 e. The van der Waals surface area contributed by atoms with Crippen LogP contribution in [0.2, 0.25) is 0 Å². The second-order valence-electron chi connectivity index (χ2n) is 5.92. The average molecular weight is 324 g/mol. The van der Waals surface area contributed by atoms with Crippen LogP contribution < -0.4 is 5.32 Å². The van der Waals surface area contributed by atoms with Gasteiger partial charge in [0, 0.05) is 38.1 Å². The molecule has 1 spiro atoms. The van der Waals surface area contributed by atoms with Gasteiger partial charge in [0.2, 0.25) is 5.91 Å². The molecule has 1 unspecified atom stereocenters. The Hall–Kier alpha value is -1.67. The van der Waals surface area contributed by atoms with Crippen LogP contribution in [0.4, 0.5) is 9.93 Å². The molecule has 1 N–H and O–H groups in total. The van der Waals surface area contributed by atoms with Crippen LogP contribution in [0, 0.1) is 0 Å². The molecule has 0 bridgehead atoms. The van der Waals surface area contributed by atoms with Crippen molar-refractivity contribution in [3.8, 4) is 0 Å². The molecule has 0 aliphatic carbocycles. The number of piperidine rings is 1. The summed E-state index contributed by atoms with van der Waals surface area (Å²) < 4.78 is 5.56. The van der Waals surface area contributed by atoms with Crippen molar-refractivity contribution in [1.82, 2.24) is 14.8 Å². The van der Waals surface area contributed by atoms with E-state index in [0.717, 1.165) is 19.4 Å². The van der Waals surface area contributed by atoms with Gasteiger partial charge in [0.25, 0.3) is 0 Å². The molecule has 0 saturated carbocycles. The largest absolute Gasteiger partial charge is 0.440 e. The summed E-state index contributed by atoms with van der Waals surface area (Å²) in [4.78, 5) is 31.4. The van der Waals surface area contributed by atoms with Gasteiger partial charge >= 0.3 is 6.09 Å². The van der Waals surface area contributed by atoms with Crippen LogP contribution in [0.5, 0.6) is 0 Å². The standard InChI is InChI=1S/C14H20N4O3S/c1-17-9-14(21-13(17)20)4-2-6-18(10-14)7-3-11(19)16-12-15-5-8-22-12/h5,8H,2-4,6-7,9-10H2,1H3,(H,15,16,19). The Labute approximate surface area is 133 Å². The van der Waals surface area contributed by atoms with E-state index in [1.54, 1.807) is 18.1 Å². The lowest BCUT2D eigenvalue weighted by Gasteiger charge is -2.38. The third kappa shape index (κ3) is 3.38. The Morgan fingerprint density at radius 1 is 1.55 bits per heavy atom. The molecule has 2 amide bonds. The molecule has 0 aromatic carbocycles. The van der Waals surface area contributed by atoms with Gasteiger partial charge in [-0.1, -0.05) is 0 Å². The van der Waals surface area contributed by atoms with Crippen LogP contribution in [-0.2, 0) is 9.53 Å². The van der Waals surface area contributed by atoms with Crippen LogP contribution in [0.15, 0.2) is 11.6 Å². The predicted octanol–water partition coefficient (Wildman–Crippen LogP) is 1.39. The number of likely N-dealkylation sites (tertiary alicyclic amines) is 1. The number of anilines is 1. The third-order valence-electron chi connectivity index (χ3n) is 4.09. The maximum absolute atomic E-state index is 11.9. The minimum absolute atomic E-state index is 0.0323. The predicted molar refractivity (Wildman–Crippen MR) is 82.9 cm³/mol. The molecule has 7 nitrogen and oxygen atoms in total. The first kappa shape index (κ1) is 15.2. The van der Waals surface area contributed by atoms with E-state index in [0.29, 0.717) is 31.2 Å². The van der Waals surface area contributed by atoms with E-state index in [4.69, 9.17) is 4.74 Å². The SMILES string of the molecule is CN1CC2(CCCN(CCC(=O)Nc3nccs3)C2)OC1=O. The van der Waals surface area contributed by atoms with Crippen molar-refractivity contribution < 1.29 is 14.3 Å². The fourth-order valence-corrected chi connectivity index (χ4v) is 3.66. The summed E-state index contributed by atoms with van der Waals surface area (Å²) in [6.45, 7) is 2.94. The van der Waals surface area contributed by atoms with Gasteiger partial charge < -0.3 is 15.0 Å². The van der Waals surface area contributed by atoms with E-state index >= 15 is 0 Å². The maximum atomic E-state index is 11.9. The number of rotatable bonds is 4. The summed E-state index contributed by atoms with van der Waals surface area (Å²) in [6.07, 6.45) is 3.71. The lowest BCUT2D eigenvalue weighted by Crippen LogP contribution is -2.50. The van der Waals surface area contributed by atoms with E-state index in [9.17, 15) is 9.59 Å². The number of nitrogens with one attached hydrogen (secondary N) is 1. The fraction of sp³-hybridized carbons (Fsp3) is 0.643. The summed E-state index contributed by atoms with van der Waals surface area (Å²) >= 11 is 1.41. The second kappa shape index (κ2) is 6.21. The van der Waals surface area contributed by atoms with Gasteiger partial charge in [0.05, 0.1) is 6.54 Å². The monoisotopic (exact) mass is 324 g/mol. The first-order valence-electron chi connectivity index (χ1n) is 7.42. The van der Waals surface area contributed by atoms with Crippen LogP contribution in [-0.4, -0.2) is 65.6 Å². The molecule has 1 aromatic rings. The zero-order valence-corrected chi connectivity index (χ0v) is 13.4. The minimum Gasteiger partial charge on any atom is -0.440 e. The Morgan fingerprint density at radius 2 is 2.41 bits per heavy atom. The van der Waals surface area contributed by atoms with Crippen LogP contribution >= 0.6 is 11.3 Å². The first-order chi connectivity index (χ1) is 10.6. The molecule has 1 aromatic heterocycles. The Morgan fingerprint density at radius 3 is 3.09 bits per heavy atom. The van der Waals surface area contributed by atoms with Gasteiger partial charge in [-0.15, -0.1) is 11.3 Å². The molecule has 8 heteroatoms. The van der Waals surface area contributed by atoms with Crippen molar-refractivity contribution in [2.75, 3.05) is 38.5 Å². The molecule has 2 aliphatic rings. The van der Waals surface area contributed by atoms with Crippen molar-refractivity contribution in [1.29, 1.82) is 0 Å². The van der Waals surface area contributed by atoms with Gasteiger partial charge in [-0.3, -0.25) is 9.69 Å². The lowest BCUT2D eigenvalue weighted by molar-refractivity contribution is -0.116. The number of thiazole rings is 1. The van der Waals surface area contributed by atoms with Gasteiger partial charge in [-0.25, -0.2) is 9.78 Å². The number of hydrogen-bond acceptors (Lipinski definition) is 6.